The van der Waals surface area contributed by atoms with Gasteiger partial charge in [0, 0.05) is 12.2 Å². The van der Waals surface area contributed by atoms with Crippen molar-refractivity contribution in [2.75, 3.05) is 7.11 Å². The molecule has 1 heterocycles. The van der Waals surface area contributed by atoms with Crippen LogP contribution in [0.4, 0.5) is 0 Å². The van der Waals surface area contributed by atoms with E-state index in [0.29, 0.717) is 6.61 Å². The Hall–Kier alpha value is -1.91. The number of methoxy groups -OCH3 is 1. The topological polar surface area (TPSA) is 57.4 Å². The van der Waals surface area contributed by atoms with Gasteiger partial charge in [0.1, 0.15) is 11.9 Å². The van der Waals surface area contributed by atoms with Crippen molar-refractivity contribution in [2.24, 2.45) is 5.73 Å². The SMILES string of the molecule is CCC(N)C(OCc1ccc(OC)cc1)c1ccccn1. The Morgan fingerprint density at radius 1 is 1.14 bits per heavy atom. The van der Waals surface area contributed by atoms with Crippen LogP contribution in [0.2, 0.25) is 0 Å². The van der Waals surface area contributed by atoms with E-state index in [4.69, 9.17) is 15.2 Å². The van der Waals surface area contributed by atoms with E-state index in [2.05, 4.69) is 11.9 Å². The number of nitrogens with two attached hydrogens (primary N) is 1. The Morgan fingerprint density at radius 2 is 1.90 bits per heavy atom. The van der Waals surface area contributed by atoms with Crippen LogP contribution in [0.15, 0.2) is 48.7 Å². The molecule has 0 aliphatic rings. The van der Waals surface area contributed by atoms with Crippen LogP contribution in [0.3, 0.4) is 0 Å². The van der Waals surface area contributed by atoms with Crippen molar-refractivity contribution in [3.05, 3.63) is 59.9 Å². The van der Waals surface area contributed by atoms with Crippen molar-refractivity contribution in [2.45, 2.75) is 32.1 Å². The lowest BCUT2D eigenvalue weighted by Gasteiger charge is -2.23. The smallest absolute Gasteiger partial charge is 0.118 e. The van der Waals surface area contributed by atoms with Crippen LogP contribution in [0.1, 0.15) is 30.7 Å². The molecule has 4 heteroatoms. The summed E-state index contributed by atoms with van der Waals surface area (Å²) in [4.78, 5) is 4.36. The minimum Gasteiger partial charge on any atom is -0.497 e. The third kappa shape index (κ3) is 4.28. The second-order valence-electron chi connectivity index (χ2n) is 4.91. The molecule has 2 N–H and O–H groups in total. The molecule has 0 spiro atoms. The molecule has 0 bridgehead atoms. The molecular weight excluding hydrogens is 264 g/mol. The zero-order chi connectivity index (χ0) is 15.1. The molecule has 0 aliphatic carbocycles. The van der Waals surface area contributed by atoms with Crippen molar-refractivity contribution in [1.82, 2.24) is 4.98 Å². The van der Waals surface area contributed by atoms with Crippen LogP contribution in [0.5, 0.6) is 5.75 Å². The van der Waals surface area contributed by atoms with Gasteiger partial charge in [-0.1, -0.05) is 25.1 Å². The van der Waals surface area contributed by atoms with Crippen molar-refractivity contribution >= 4 is 0 Å². The van der Waals surface area contributed by atoms with Crippen molar-refractivity contribution in [1.29, 1.82) is 0 Å². The molecule has 0 amide bonds. The minimum atomic E-state index is -0.196. The molecule has 2 aromatic rings. The molecule has 1 aromatic heterocycles. The van der Waals surface area contributed by atoms with Gasteiger partial charge in [-0.3, -0.25) is 4.98 Å². The van der Waals surface area contributed by atoms with Gasteiger partial charge in [0.25, 0.3) is 0 Å². The van der Waals surface area contributed by atoms with Crippen molar-refractivity contribution in [3.8, 4) is 5.75 Å². The first-order valence-corrected chi connectivity index (χ1v) is 7.15. The third-order valence-electron chi connectivity index (χ3n) is 3.43. The Balaban J connectivity index is 2.05. The zero-order valence-corrected chi connectivity index (χ0v) is 12.5. The molecule has 0 saturated carbocycles. The van der Waals surface area contributed by atoms with Gasteiger partial charge in [-0.25, -0.2) is 0 Å². The summed E-state index contributed by atoms with van der Waals surface area (Å²) in [6.45, 7) is 2.55. The lowest BCUT2D eigenvalue weighted by molar-refractivity contribution is 0.0185. The summed E-state index contributed by atoms with van der Waals surface area (Å²) in [5, 5.41) is 0. The summed E-state index contributed by atoms with van der Waals surface area (Å²) in [6, 6.07) is 13.6. The van der Waals surface area contributed by atoms with Gasteiger partial charge in [-0.05, 0) is 36.2 Å². The number of rotatable bonds is 7. The highest BCUT2D eigenvalue weighted by atomic mass is 16.5. The lowest BCUT2D eigenvalue weighted by atomic mass is 10.1. The molecule has 2 rings (SSSR count). The van der Waals surface area contributed by atoms with E-state index in [9.17, 15) is 0 Å². The molecule has 21 heavy (non-hydrogen) atoms. The highest BCUT2D eigenvalue weighted by Gasteiger charge is 2.20. The van der Waals surface area contributed by atoms with Crippen LogP contribution in [0, 0.1) is 0 Å². The van der Waals surface area contributed by atoms with Crippen LogP contribution in [-0.2, 0) is 11.3 Å². The van der Waals surface area contributed by atoms with E-state index in [0.717, 1.165) is 23.4 Å². The first kappa shape index (κ1) is 15.5. The fourth-order valence-corrected chi connectivity index (χ4v) is 2.09. The fraction of sp³-hybridized carbons (Fsp3) is 0.353. The first-order valence-electron chi connectivity index (χ1n) is 7.15. The second kappa shape index (κ2) is 7.76. The largest absolute Gasteiger partial charge is 0.497 e. The maximum atomic E-state index is 6.17. The van der Waals surface area contributed by atoms with E-state index >= 15 is 0 Å². The van der Waals surface area contributed by atoms with Gasteiger partial charge in [-0.15, -0.1) is 0 Å². The summed E-state index contributed by atoms with van der Waals surface area (Å²) in [6.07, 6.45) is 2.41. The number of hydrogen-bond donors (Lipinski definition) is 1. The summed E-state index contributed by atoms with van der Waals surface area (Å²) in [5.74, 6) is 0.838. The molecule has 4 nitrogen and oxygen atoms in total. The summed E-state index contributed by atoms with van der Waals surface area (Å²) >= 11 is 0. The van der Waals surface area contributed by atoms with Gasteiger partial charge in [0.2, 0.25) is 0 Å². The predicted octanol–water partition coefficient (Wildman–Crippen LogP) is 3.09. The summed E-state index contributed by atoms with van der Waals surface area (Å²) in [5.41, 5.74) is 8.13. The van der Waals surface area contributed by atoms with Gasteiger partial charge >= 0.3 is 0 Å². The first-order chi connectivity index (χ1) is 10.2. The average molecular weight is 286 g/mol. The van der Waals surface area contributed by atoms with E-state index in [1.165, 1.54) is 0 Å². The molecule has 0 fully saturated rings. The standard InChI is InChI=1S/C17H22N2O2/c1-3-15(18)17(16-6-4-5-11-19-16)21-12-13-7-9-14(20-2)10-8-13/h4-11,15,17H,3,12,18H2,1-2H3. The summed E-state index contributed by atoms with van der Waals surface area (Å²) < 4.78 is 11.2. The number of nitrogens with zero attached hydrogens (tertiary/aromatic N) is 1. The van der Waals surface area contributed by atoms with Crippen LogP contribution in [0.25, 0.3) is 0 Å². The normalized spacial score (nSPS) is 13.7. The third-order valence-corrected chi connectivity index (χ3v) is 3.43. The number of hydrogen-bond acceptors (Lipinski definition) is 4. The highest BCUT2D eigenvalue weighted by Crippen LogP contribution is 2.22. The maximum Gasteiger partial charge on any atom is 0.118 e. The molecule has 2 unspecified atom stereocenters. The van der Waals surface area contributed by atoms with E-state index in [-0.39, 0.29) is 12.1 Å². The fourth-order valence-electron chi connectivity index (χ4n) is 2.09. The molecule has 0 aliphatic heterocycles. The Labute approximate surface area is 125 Å². The van der Waals surface area contributed by atoms with Crippen LogP contribution >= 0.6 is 0 Å². The molecule has 112 valence electrons. The Morgan fingerprint density at radius 3 is 2.48 bits per heavy atom. The maximum absolute atomic E-state index is 6.17. The number of aromatic nitrogens is 1. The number of ether oxygens (including phenoxy) is 2. The zero-order valence-electron chi connectivity index (χ0n) is 12.5. The quantitative estimate of drug-likeness (QED) is 0.849. The van der Waals surface area contributed by atoms with Crippen molar-refractivity contribution < 1.29 is 9.47 Å². The monoisotopic (exact) mass is 286 g/mol. The second-order valence-corrected chi connectivity index (χ2v) is 4.91. The predicted molar refractivity (Wildman–Crippen MR) is 83.0 cm³/mol. The van der Waals surface area contributed by atoms with Gasteiger partial charge < -0.3 is 15.2 Å². The van der Waals surface area contributed by atoms with E-state index in [1.807, 2.05) is 42.5 Å². The summed E-state index contributed by atoms with van der Waals surface area (Å²) in [7, 11) is 1.66. The lowest BCUT2D eigenvalue weighted by Crippen LogP contribution is -2.30. The van der Waals surface area contributed by atoms with Crippen LogP contribution < -0.4 is 10.5 Å². The average Bonchev–Trinajstić information content (AvgIpc) is 2.56. The number of pyridine rings is 1. The highest BCUT2D eigenvalue weighted by molar-refractivity contribution is 5.26. The molecule has 0 radical (unpaired) electrons. The van der Waals surface area contributed by atoms with Crippen molar-refractivity contribution in [3.63, 3.8) is 0 Å². The molecular formula is C17H22N2O2. The van der Waals surface area contributed by atoms with E-state index < -0.39 is 0 Å². The Bertz CT molecular complexity index is 528. The molecule has 2 atom stereocenters. The molecule has 0 saturated heterocycles. The van der Waals surface area contributed by atoms with Crippen LogP contribution in [-0.4, -0.2) is 18.1 Å². The van der Waals surface area contributed by atoms with E-state index in [1.54, 1.807) is 13.3 Å². The van der Waals surface area contributed by atoms with Gasteiger partial charge in [0.15, 0.2) is 0 Å². The number of benzene rings is 1. The van der Waals surface area contributed by atoms with Gasteiger partial charge in [-0.2, -0.15) is 0 Å². The Kier molecular flexibility index (Phi) is 5.72. The minimum absolute atomic E-state index is 0.0712. The van der Waals surface area contributed by atoms with Gasteiger partial charge in [0.05, 0.1) is 19.4 Å². The molecule has 1 aromatic carbocycles.